The van der Waals surface area contributed by atoms with Gasteiger partial charge in [-0.25, -0.2) is 9.97 Å². The third kappa shape index (κ3) is 2.69. The second-order valence-corrected chi connectivity index (χ2v) is 6.92. The topological polar surface area (TPSA) is 87.5 Å². The molecule has 26 heavy (non-hydrogen) atoms. The summed E-state index contributed by atoms with van der Waals surface area (Å²) >= 11 is 0. The molecule has 1 atom stereocenters. The Hall–Kier alpha value is -2.97. The first kappa shape index (κ1) is 16.5. The molecule has 0 bridgehead atoms. The lowest BCUT2D eigenvalue weighted by Crippen LogP contribution is -2.66. The summed E-state index contributed by atoms with van der Waals surface area (Å²) in [5.41, 5.74) is 0.334. The van der Waals surface area contributed by atoms with E-state index in [9.17, 15) is 9.59 Å². The summed E-state index contributed by atoms with van der Waals surface area (Å²) in [7, 11) is 1.82. The average molecular weight is 355 g/mol. The summed E-state index contributed by atoms with van der Waals surface area (Å²) in [6.07, 6.45) is 7.52. The van der Waals surface area contributed by atoms with E-state index in [0.717, 1.165) is 24.5 Å². The number of hydrogen-bond acceptors (Lipinski definition) is 6. The van der Waals surface area contributed by atoms with Gasteiger partial charge in [0.05, 0.1) is 24.0 Å². The number of aromatic nitrogens is 4. The Labute approximate surface area is 151 Å². The van der Waals surface area contributed by atoms with Crippen molar-refractivity contribution in [2.24, 2.45) is 7.05 Å². The minimum Gasteiger partial charge on any atom is -0.354 e. The third-order valence-corrected chi connectivity index (χ3v) is 5.23. The fourth-order valence-electron chi connectivity index (χ4n) is 3.96. The van der Waals surface area contributed by atoms with E-state index >= 15 is 0 Å². The van der Waals surface area contributed by atoms with Crippen LogP contribution in [0.4, 0.5) is 11.5 Å². The van der Waals surface area contributed by atoms with Gasteiger partial charge in [0, 0.05) is 39.5 Å². The molecule has 4 rings (SSSR count). The van der Waals surface area contributed by atoms with Crippen LogP contribution >= 0.6 is 0 Å². The maximum absolute atomic E-state index is 12.7. The molecule has 2 aromatic rings. The van der Waals surface area contributed by atoms with Crippen LogP contribution in [0.1, 0.15) is 13.3 Å². The smallest absolute Gasteiger partial charge is 0.246 e. The fourth-order valence-corrected chi connectivity index (χ4v) is 3.96. The highest BCUT2D eigenvalue weighted by Crippen LogP contribution is 2.35. The third-order valence-electron chi connectivity index (χ3n) is 5.23. The van der Waals surface area contributed by atoms with E-state index in [1.807, 2.05) is 19.3 Å². The molecule has 4 heterocycles. The van der Waals surface area contributed by atoms with E-state index in [2.05, 4.69) is 20.0 Å². The highest BCUT2D eigenvalue weighted by molar-refractivity contribution is 5.98. The zero-order valence-corrected chi connectivity index (χ0v) is 14.9. The van der Waals surface area contributed by atoms with Crippen molar-refractivity contribution < 1.29 is 9.59 Å². The van der Waals surface area contributed by atoms with Gasteiger partial charge in [0.1, 0.15) is 18.7 Å². The second kappa shape index (κ2) is 6.08. The quantitative estimate of drug-likeness (QED) is 0.757. The number of aryl methyl sites for hydroxylation is 1. The SMILES string of the molecule is CC(=O)N1CC(=O)N(c2cnn(C)c2)CC12CCN(c1ccncn1)C2. The zero-order chi connectivity index (χ0) is 18.3. The Balaban J connectivity index is 1.65. The van der Waals surface area contributed by atoms with Crippen LogP contribution in [-0.4, -0.2) is 68.2 Å². The summed E-state index contributed by atoms with van der Waals surface area (Å²) in [5.74, 6) is 0.679. The predicted octanol–water partition coefficient (Wildman–Crippen LogP) is 0.0543. The van der Waals surface area contributed by atoms with Crippen molar-refractivity contribution in [3.63, 3.8) is 0 Å². The lowest BCUT2D eigenvalue weighted by molar-refractivity contribution is -0.142. The highest BCUT2D eigenvalue weighted by Gasteiger charge is 2.50. The summed E-state index contributed by atoms with van der Waals surface area (Å²) < 4.78 is 1.68. The summed E-state index contributed by atoms with van der Waals surface area (Å²) in [6.45, 7) is 3.48. The fraction of sp³-hybridized carbons (Fsp3) is 0.471. The number of piperazine rings is 1. The molecule has 9 heteroatoms. The van der Waals surface area contributed by atoms with Gasteiger partial charge in [0.15, 0.2) is 0 Å². The first-order valence-electron chi connectivity index (χ1n) is 8.57. The van der Waals surface area contributed by atoms with Crippen LogP contribution in [0.25, 0.3) is 0 Å². The number of rotatable bonds is 2. The van der Waals surface area contributed by atoms with Crippen LogP contribution in [0.5, 0.6) is 0 Å². The summed E-state index contributed by atoms with van der Waals surface area (Å²) in [5, 5.41) is 4.17. The number of carbonyl (C=O) groups is 2. The van der Waals surface area contributed by atoms with Gasteiger partial charge in [-0.15, -0.1) is 0 Å². The minimum absolute atomic E-state index is 0.0753. The van der Waals surface area contributed by atoms with Gasteiger partial charge in [-0.05, 0) is 12.5 Å². The van der Waals surface area contributed by atoms with Crippen molar-refractivity contribution >= 4 is 23.3 Å². The number of nitrogens with zero attached hydrogens (tertiary/aromatic N) is 7. The Morgan fingerprint density at radius 1 is 1.31 bits per heavy atom. The lowest BCUT2D eigenvalue weighted by Gasteiger charge is -2.47. The molecule has 2 aromatic heterocycles. The van der Waals surface area contributed by atoms with Crippen molar-refractivity contribution in [1.29, 1.82) is 0 Å². The predicted molar refractivity (Wildman–Crippen MR) is 94.5 cm³/mol. The lowest BCUT2D eigenvalue weighted by atomic mass is 9.92. The molecule has 0 N–H and O–H groups in total. The van der Waals surface area contributed by atoms with E-state index < -0.39 is 5.54 Å². The van der Waals surface area contributed by atoms with Crippen LogP contribution in [0.3, 0.4) is 0 Å². The molecular weight excluding hydrogens is 334 g/mol. The van der Waals surface area contributed by atoms with E-state index in [-0.39, 0.29) is 18.4 Å². The highest BCUT2D eigenvalue weighted by atomic mass is 16.2. The number of anilines is 2. The normalized spacial score (nSPS) is 23.2. The first-order valence-corrected chi connectivity index (χ1v) is 8.57. The number of hydrogen-bond donors (Lipinski definition) is 0. The molecule has 0 aliphatic carbocycles. The molecule has 0 aromatic carbocycles. The Morgan fingerprint density at radius 3 is 2.81 bits per heavy atom. The van der Waals surface area contributed by atoms with E-state index in [4.69, 9.17) is 0 Å². The van der Waals surface area contributed by atoms with Gasteiger partial charge >= 0.3 is 0 Å². The molecule has 2 saturated heterocycles. The zero-order valence-electron chi connectivity index (χ0n) is 14.9. The van der Waals surface area contributed by atoms with Gasteiger partial charge in [0.2, 0.25) is 11.8 Å². The molecule has 2 aliphatic rings. The molecule has 1 unspecified atom stereocenters. The van der Waals surface area contributed by atoms with E-state index in [0.29, 0.717) is 13.1 Å². The molecule has 2 fully saturated rings. The van der Waals surface area contributed by atoms with Crippen LogP contribution in [0.2, 0.25) is 0 Å². The van der Waals surface area contributed by atoms with Crippen molar-refractivity contribution in [3.05, 3.63) is 31.0 Å². The van der Waals surface area contributed by atoms with Crippen LogP contribution < -0.4 is 9.80 Å². The van der Waals surface area contributed by atoms with Crippen LogP contribution in [0.15, 0.2) is 31.0 Å². The van der Waals surface area contributed by atoms with Crippen LogP contribution in [0, 0.1) is 0 Å². The maximum atomic E-state index is 12.7. The average Bonchev–Trinajstić information content (AvgIpc) is 3.25. The monoisotopic (exact) mass is 355 g/mol. The minimum atomic E-state index is -0.430. The molecule has 2 amide bonds. The number of amides is 2. The summed E-state index contributed by atoms with van der Waals surface area (Å²) in [6, 6.07) is 1.87. The van der Waals surface area contributed by atoms with Gasteiger partial charge in [-0.1, -0.05) is 0 Å². The number of carbonyl (C=O) groups excluding carboxylic acids is 2. The second-order valence-electron chi connectivity index (χ2n) is 6.92. The molecule has 9 nitrogen and oxygen atoms in total. The largest absolute Gasteiger partial charge is 0.354 e. The van der Waals surface area contributed by atoms with Gasteiger partial charge < -0.3 is 14.7 Å². The van der Waals surface area contributed by atoms with Gasteiger partial charge in [-0.2, -0.15) is 5.10 Å². The van der Waals surface area contributed by atoms with Crippen molar-refractivity contribution in [2.45, 2.75) is 18.9 Å². The molecule has 0 radical (unpaired) electrons. The molecular formula is C17H21N7O2. The Kier molecular flexibility index (Phi) is 3.86. The molecule has 136 valence electrons. The van der Waals surface area contributed by atoms with Crippen molar-refractivity contribution in [2.75, 3.05) is 36.0 Å². The molecule has 1 spiro atoms. The van der Waals surface area contributed by atoms with E-state index in [1.165, 1.54) is 13.3 Å². The maximum Gasteiger partial charge on any atom is 0.246 e. The standard InChI is InChI=1S/C17H21N7O2/c1-13(25)24-9-16(26)23(14-7-20-21(2)8-14)11-17(24)4-6-22(10-17)15-3-5-18-12-19-15/h3,5,7-8,12H,4,6,9-11H2,1-2H3. The van der Waals surface area contributed by atoms with Gasteiger partial charge in [0.25, 0.3) is 0 Å². The van der Waals surface area contributed by atoms with Gasteiger partial charge in [-0.3, -0.25) is 14.3 Å². The Morgan fingerprint density at radius 2 is 2.15 bits per heavy atom. The first-order chi connectivity index (χ1) is 12.5. The Bertz CT molecular complexity index is 837. The van der Waals surface area contributed by atoms with Crippen LogP contribution in [-0.2, 0) is 16.6 Å². The van der Waals surface area contributed by atoms with E-state index in [1.54, 1.807) is 26.9 Å². The molecule has 0 saturated carbocycles. The summed E-state index contributed by atoms with van der Waals surface area (Å²) in [4.78, 5) is 38.9. The van der Waals surface area contributed by atoms with Crippen molar-refractivity contribution in [1.82, 2.24) is 24.6 Å². The molecule has 2 aliphatic heterocycles. The van der Waals surface area contributed by atoms with Crippen molar-refractivity contribution in [3.8, 4) is 0 Å².